The summed E-state index contributed by atoms with van der Waals surface area (Å²) < 4.78 is 20.3. The number of primary amides is 1. The molecule has 4 aliphatic rings. The highest BCUT2D eigenvalue weighted by molar-refractivity contribution is 5.98. The normalized spacial score (nSPS) is 30.3. The number of aromatic nitrogens is 1. The number of fused-ring (bicyclic) bond motifs is 1. The summed E-state index contributed by atoms with van der Waals surface area (Å²) in [6.07, 6.45) is 2.56. The number of amides is 2. The second kappa shape index (κ2) is 5.78. The van der Waals surface area contributed by atoms with E-state index in [0.29, 0.717) is 36.0 Å². The van der Waals surface area contributed by atoms with E-state index in [1.807, 2.05) is 0 Å². The molecular formula is C20H23FN4O3. The minimum Gasteiger partial charge on any atom is -0.369 e. The van der Waals surface area contributed by atoms with Gasteiger partial charge in [0.1, 0.15) is 11.5 Å². The first-order valence-corrected chi connectivity index (χ1v) is 9.65. The Morgan fingerprint density at radius 2 is 2.00 bits per heavy atom. The van der Waals surface area contributed by atoms with Crippen LogP contribution in [0.5, 0.6) is 0 Å². The van der Waals surface area contributed by atoms with E-state index in [1.165, 1.54) is 12.1 Å². The van der Waals surface area contributed by atoms with Crippen molar-refractivity contribution in [2.45, 2.75) is 36.9 Å². The summed E-state index contributed by atoms with van der Waals surface area (Å²) in [5, 5.41) is 6.57. The first-order valence-electron chi connectivity index (χ1n) is 9.65. The van der Waals surface area contributed by atoms with Gasteiger partial charge in [-0.1, -0.05) is 6.07 Å². The molecule has 1 aliphatic carbocycles. The van der Waals surface area contributed by atoms with Crippen molar-refractivity contribution in [3.63, 3.8) is 0 Å². The highest BCUT2D eigenvalue weighted by Gasteiger charge is 2.77. The molecule has 1 saturated carbocycles. The topological polar surface area (TPSA) is 109 Å². The van der Waals surface area contributed by atoms with Crippen LogP contribution in [0.25, 0.3) is 10.9 Å². The third kappa shape index (κ3) is 2.28. The van der Waals surface area contributed by atoms with E-state index in [4.69, 9.17) is 10.5 Å². The maximum absolute atomic E-state index is 13.9. The second-order valence-corrected chi connectivity index (χ2v) is 8.40. The van der Waals surface area contributed by atoms with E-state index in [9.17, 15) is 14.0 Å². The summed E-state index contributed by atoms with van der Waals surface area (Å²) in [7, 11) is 0. The van der Waals surface area contributed by atoms with Gasteiger partial charge in [-0.15, -0.1) is 0 Å². The number of H-pyrrole nitrogens is 1. The number of ether oxygens (including phenoxy) is 1. The molecule has 1 aromatic carbocycles. The van der Waals surface area contributed by atoms with Crippen LogP contribution >= 0.6 is 0 Å². The average Bonchev–Trinajstić information content (AvgIpc) is 3.27. The Balaban J connectivity index is 1.32. The molecule has 0 radical (unpaired) electrons. The van der Waals surface area contributed by atoms with E-state index in [-0.39, 0.29) is 17.6 Å². The molecule has 4 fully saturated rings. The van der Waals surface area contributed by atoms with Gasteiger partial charge in [-0.2, -0.15) is 0 Å². The molecule has 4 heterocycles. The number of piperidine rings is 1. The van der Waals surface area contributed by atoms with Crippen molar-refractivity contribution in [3.8, 4) is 0 Å². The minimum absolute atomic E-state index is 0.298. The molecule has 2 amide bonds. The van der Waals surface area contributed by atoms with E-state index < -0.39 is 16.6 Å². The zero-order chi connectivity index (χ0) is 19.6. The fraction of sp³-hybridized carbons (Fsp3) is 0.500. The minimum atomic E-state index is -0.635. The van der Waals surface area contributed by atoms with Gasteiger partial charge in [0.15, 0.2) is 0 Å². The number of benzene rings is 1. The standard InChI is InChI=1S/C20H23FN4O3/c21-13-2-1-3-14-12(13)8-15(25-14)16(26)24-11-18-9-19(10-18,17(22)27)20(28-18)4-6-23-7-5-20/h1-3,8,23,25H,4-7,9-11H2,(H2,22,27)(H,24,26). The van der Waals surface area contributed by atoms with E-state index in [2.05, 4.69) is 15.6 Å². The molecule has 5 N–H and O–H groups in total. The second-order valence-electron chi connectivity index (χ2n) is 8.40. The van der Waals surface area contributed by atoms with Gasteiger partial charge in [0, 0.05) is 17.4 Å². The summed E-state index contributed by atoms with van der Waals surface area (Å²) in [4.78, 5) is 27.8. The van der Waals surface area contributed by atoms with Gasteiger partial charge >= 0.3 is 0 Å². The molecule has 1 aromatic heterocycles. The molecule has 0 unspecified atom stereocenters. The lowest BCUT2D eigenvalue weighted by Gasteiger charge is -2.47. The summed E-state index contributed by atoms with van der Waals surface area (Å²) in [6, 6.07) is 6.19. The lowest BCUT2D eigenvalue weighted by atomic mass is 9.53. The molecule has 2 aromatic rings. The van der Waals surface area contributed by atoms with Gasteiger partial charge in [0.2, 0.25) is 5.91 Å². The fourth-order valence-electron chi connectivity index (χ4n) is 5.50. The largest absolute Gasteiger partial charge is 0.369 e. The molecule has 28 heavy (non-hydrogen) atoms. The maximum atomic E-state index is 13.9. The number of rotatable bonds is 4. The first-order chi connectivity index (χ1) is 13.4. The molecule has 7 nitrogen and oxygen atoms in total. The van der Waals surface area contributed by atoms with Gasteiger partial charge in [0.05, 0.1) is 16.6 Å². The smallest absolute Gasteiger partial charge is 0.267 e. The number of nitrogens with two attached hydrogens (primary N) is 1. The number of halogens is 1. The van der Waals surface area contributed by atoms with Crippen LogP contribution < -0.4 is 16.4 Å². The van der Waals surface area contributed by atoms with Crippen molar-refractivity contribution in [1.29, 1.82) is 0 Å². The van der Waals surface area contributed by atoms with Gasteiger partial charge < -0.3 is 26.1 Å². The van der Waals surface area contributed by atoms with Crippen LogP contribution in [-0.4, -0.2) is 47.6 Å². The van der Waals surface area contributed by atoms with Crippen LogP contribution in [0.15, 0.2) is 24.3 Å². The van der Waals surface area contributed by atoms with Crippen LogP contribution in [0, 0.1) is 11.2 Å². The SMILES string of the molecule is NC(=O)C12CC(CNC(=O)c3cc4c(F)cccc4[nH]3)(C1)OC21CCNCC1. The number of nitrogens with one attached hydrogen (secondary N) is 3. The highest BCUT2D eigenvalue weighted by atomic mass is 19.1. The lowest BCUT2D eigenvalue weighted by Crippen LogP contribution is -2.60. The fourth-order valence-corrected chi connectivity index (χ4v) is 5.50. The van der Waals surface area contributed by atoms with Gasteiger partial charge in [-0.05, 0) is 57.0 Å². The molecule has 1 spiro atoms. The molecular weight excluding hydrogens is 363 g/mol. The molecule has 148 valence electrons. The van der Waals surface area contributed by atoms with Crippen LogP contribution in [0.2, 0.25) is 0 Å². The zero-order valence-electron chi connectivity index (χ0n) is 15.4. The number of hydrogen-bond donors (Lipinski definition) is 4. The first kappa shape index (κ1) is 17.6. The Morgan fingerprint density at radius 1 is 1.25 bits per heavy atom. The molecule has 6 rings (SSSR count). The Labute approximate surface area is 161 Å². The summed E-state index contributed by atoms with van der Waals surface area (Å²) in [6.45, 7) is 1.88. The molecule has 0 atom stereocenters. The van der Waals surface area contributed by atoms with Crippen LogP contribution in [0.3, 0.4) is 0 Å². The molecule has 2 bridgehead atoms. The Hall–Kier alpha value is -2.45. The number of carbonyl (C=O) groups excluding carboxylic acids is 2. The number of aromatic amines is 1. The highest BCUT2D eigenvalue weighted by Crippen LogP contribution is 2.68. The van der Waals surface area contributed by atoms with Crippen molar-refractivity contribution >= 4 is 22.7 Å². The summed E-state index contributed by atoms with van der Waals surface area (Å²) >= 11 is 0. The lowest BCUT2D eigenvalue weighted by molar-refractivity contribution is -0.137. The van der Waals surface area contributed by atoms with Crippen LogP contribution in [0.4, 0.5) is 4.39 Å². The van der Waals surface area contributed by atoms with Crippen molar-refractivity contribution in [2.75, 3.05) is 19.6 Å². The van der Waals surface area contributed by atoms with E-state index >= 15 is 0 Å². The van der Waals surface area contributed by atoms with Gasteiger partial charge in [-0.25, -0.2) is 4.39 Å². The third-order valence-electron chi connectivity index (χ3n) is 6.84. The van der Waals surface area contributed by atoms with E-state index in [0.717, 1.165) is 25.9 Å². The van der Waals surface area contributed by atoms with Gasteiger partial charge in [0.25, 0.3) is 5.91 Å². The van der Waals surface area contributed by atoms with Crippen molar-refractivity contribution < 1.29 is 18.7 Å². The Bertz CT molecular complexity index is 973. The van der Waals surface area contributed by atoms with Crippen LogP contribution in [0.1, 0.15) is 36.2 Å². The average molecular weight is 386 g/mol. The maximum Gasteiger partial charge on any atom is 0.267 e. The number of hydrogen-bond acceptors (Lipinski definition) is 4. The predicted octanol–water partition coefficient (Wildman–Crippen LogP) is 1.19. The third-order valence-corrected chi connectivity index (χ3v) is 6.84. The Morgan fingerprint density at radius 3 is 2.68 bits per heavy atom. The summed E-state index contributed by atoms with van der Waals surface area (Å²) in [5.41, 5.74) is 4.92. The van der Waals surface area contributed by atoms with Crippen molar-refractivity contribution in [1.82, 2.24) is 15.6 Å². The molecule has 3 saturated heterocycles. The quantitative estimate of drug-likeness (QED) is 0.633. The monoisotopic (exact) mass is 386 g/mol. The predicted molar refractivity (Wildman–Crippen MR) is 100 cm³/mol. The zero-order valence-corrected chi connectivity index (χ0v) is 15.4. The van der Waals surface area contributed by atoms with Crippen molar-refractivity contribution in [2.24, 2.45) is 11.1 Å². The Kier molecular flexibility index (Phi) is 3.64. The van der Waals surface area contributed by atoms with Gasteiger partial charge in [-0.3, -0.25) is 9.59 Å². The van der Waals surface area contributed by atoms with Crippen molar-refractivity contribution in [3.05, 3.63) is 35.8 Å². The van der Waals surface area contributed by atoms with Crippen LogP contribution in [-0.2, 0) is 9.53 Å². The number of carbonyl (C=O) groups is 2. The molecule has 8 heteroatoms. The van der Waals surface area contributed by atoms with E-state index in [1.54, 1.807) is 12.1 Å². The molecule has 3 aliphatic heterocycles. The summed E-state index contributed by atoms with van der Waals surface area (Å²) in [5.74, 6) is -1.00.